The number of carbonyl (C=O) groups is 2. The minimum Gasteiger partial charge on any atom is -0.481 e. The Morgan fingerprint density at radius 3 is 2.86 bits per heavy atom. The highest BCUT2D eigenvalue weighted by Gasteiger charge is 2.29. The van der Waals surface area contributed by atoms with Gasteiger partial charge >= 0.3 is 5.97 Å². The molecule has 0 aliphatic heterocycles. The van der Waals surface area contributed by atoms with Crippen molar-refractivity contribution in [2.75, 3.05) is 6.54 Å². The van der Waals surface area contributed by atoms with Gasteiger partial charge in [0.05, 0.1) is 11.4 Å². The highest BCUT2D eigenvalue weighted by Crippen LogP contribution is 2.35. The maximum Gasteiger partial charge on any atom is 0.308 e. The van der Waals surface area contributed by atoms with Gasteiger partial charge in [-0.3, -0.25) is 14.7 Å². The summed E-state index contributed by atoms with van der Waals surface area (Å²) in [5.74, 6) is -1.20. The van der Waals surface area contributed by atoms with Crippen LogP contribution in [0.3, 0.4) is 0 Å². The number of aromatic nitrogens is 2. The van der Waals surface area contributed by atoms with E-state index in [2.05, 4.69) is 15.5 Å². The summed E-state index contributed by atoms with van der Waals surface area (Å²) < 4.78 is 0. The third kappa shape index (κ3) is 3.04. The number of carboxylic acids is 1. The Balaban J connectivity index is 1.66. The second-order valence-corrected chi connectivity index (χ2v) is 5.54. The molecule has 1 aromatic carbocycles. The lowest BCUT2D eigenvalue weighted by Gasteiger charge is -2.12. The number of aromatic amines is 1. The lowest BCUT2D eigenvalue weighted by Crippen LogP contribution is -2.33. The van der Waals surface area contributed by atoms with Crippen LogP contribution in [0.25, 0.3) is 10.9 Å². The fraction of sp³-hybridized carbons (Fsp3) is 0.400. The minimum absolute atomic E-state index is 0.145. The summed E-state index contributed by atoms with van der Waals surface area (Å²) >= 11 is 0. The number of nitrogens with one attached hydrogen (secondary N) is 2. The summed E-state index contributed by atoms with van der Waals surface area (Å²) in [6, 6.07) is 7.35. The van der Waals surface area contributed by atoms with Gasteiger partial charge < -0.3 is 10.4 Å². The van der Waals surface area contributed by atoms with E-state index >= 15 is 0 Å². The third-order valence-electron chi connectivity index (χ3n) is 3.86. The van der Waals surface area contributed by atoms with Gasteiger partial charge in [0.2, 0.25) is 0 Å². The maximum absolute atomic E-state index is 12.2. The van der Waals surface area contributed by atoms with E-state index < -0.39 is 11.9 Å². The monoisotopic (exact) mass is 287 g/mol. The smallest absolute Gasteiger partial charge is 0.308 e. The first-order chi connectivity index (χ1) is 10.1. The number of hydrogen-bond donors (Lipinski definition) is 3. The number of H-pyrrole nitrogens is 1. The van der Waals surface area contributed by atoms with E-state index in [1.807, 2.05) is 24.3 Å². The fourth-order valence-electron chi connectivity index (χ4n) is 2.46. The van der Waals surface area contributed by atoms with Gasteiger partial charge in [-0.2, -0.15) is 5.10 Å². The highest BCUT2D eigenvalue weighted by atomic mass is 16.4. The number of aliphatic carboxylic acids is 1. The van der Waals surface area contributed by atoms with Crippen molar-refractivity contribution >= 4 is 22.8 Å². The van der Waals surface area contributed by atoms with Crippen LogP contribution in [0.1, 0.15) is 29.8 Å². The molecule has 1 aliphatic carbocycles. The predicted molar refractivity (Wildman–Crippen MR) is 76.9 cm³/mol. The second kappa shape index (κ2) is 5.55. The molecule has 21 heavy (non-hydrogen) atoms. The number of carboxylic acid groups (broad SMARTS) is 1. The Bertz CT molecular complexity index is 676. The van der Waals surface area contributed by atoms with E-state index in [1.165, 1.54) is 0 Å². The van der Waals surface area contributed by atoms with Crippen molar-refractivity contribution in [1.29, 1.82) is 0 Å². The van der Waals surface area contributed by atoms with Gasteiger partial charge in [-0.05, 0) is 18.4 Å². The van der Waals surface area contributed by atoms with Crippen LogP contribution < -0.4 is 5.32 Å². The summed E-state index contributed by atoms with van der Waals surface area (Å²) in [5, 5.41) is 19.4. The van der Waals surface area contributed by atoms with Gasteiger partial charge in [-0.1, -0.05) is 31.0 Å². The van der Waals surface area contributed by atoms with Crippen molar-refractivity contribution in [3.05, 3.63) is 30.0 Å². The number of rotatable bonds is 6. The summed E-state index contributed by atoms with van der Waals surface area (Å²) in [5.41, 5.74) is 1.09. The first-order valence-electron chi connectivity index (χ1n) is 7.09. The molecule has 1 amide bonds. The lowest BCUT2D eigenvalue weighted by atomic mass is 10.0. The van der Waals surface area contributed by atoms with Crippen LogP contribution in [-0.2, 0) is 4.79 Å². The highest BCUT2D eigenvalue weighted by molar-refractivity contribution is 6.04. The van der Waals surface area contributed by atoms with Crippen molar-refractivity contribution in [3.8, 4) is 0 Å². The summed E-state index contributed by atoms with van der Waals surface area (Å²) in [6.45, 7) is 0.145. The molecule has 1 heterocycles. The molecule has 1 aliphatic rings. The van der Waals surface area contributed by atoms with Gasteiger partial charge in [0.25, 0.3) is 5.91 Å². The molecule has 1 fully saturated rings. The molecule has 1 unspecified atom stereocenters. The van der Waals surface area contributed by atoms with Crippen LogP contribution in [0.15, 0.2) is 24.3 Å². The Kier molecular flexibility index (Phi) is 3.60. The van der Waals surface area contributed by atoms with E-state index in [4.69, 9.17) is 0 Å². The van der Waals surface area contributed by atoms with E-state index in [1.54, 1.807) is 0 Å². The largest absolute Gasteiger partial charge is 0.481 e. The zero-order valence-corrected chi connectivity index (χ0v) is 11.5. The first kappa shape index (κ1) is 13.6. The summed E-state index contributed by atoms with van der Waals surface area (Å²) in [7, 11) is 0. The number of carbonyl (C=O) groups excluding carboxylic acids is 1. The molecule has 3 rings (SSSR count). The van der Waals surface area contributed by atoms with Crippen LogP contribution in [0.2, 0.25) is 0 Å². The van der Waals surface area contributed by atoms with Crippen molar-refractivity contribution in [1.82, 2.24) is 15.5 Å². The molecular formula is C15H17N3O3. The number of para-hydroxylation sites is 1. The zero-order chi connectivity index (χ0) is 14.8. The normalized spacial score (nSPS) is 15.8. The van der Waals surface area contributed by atoms with E-state index in [-0.39, 0.29) is 12.5 Å². The molecule has 2 aromatic rings. The Morgan fingerprint density at radius 2 is 2.14 bits per heavy atom. The number of hydrogen-bond acceptors (Lipinski definition) is 3. The number of amides is 1. The number of nitrogens with zero attached hydrogens (tertiary/aromatic N) is 1. The SMILES string of the molecule is O=C(NCC(CC1CC1)C(=O)O)c1n[nH]c2ccccc12. The van der Waals surface area contributed by atoms with Crippen LogP contribution in [0.5, 0.6) is 0 Å². The first-order valence-corrected chi connectivity index (χ1v) is 7.09. The standard InChI is InChI=1S/C15H17N3O3/c19-14(13-11-3-1-2-4-12(11)17-18-13)16-8-10(15(20)21)7-9-5-6-9/h1-4,9-10H,5-8H2,(H,16,19)(H,17,18)(H,20,21). The van der Waals surface area contributed by atoms with Gasteiger partial charge in [0, 0.05) is 11.9 Å². The van der Waals surface area contributed by atoms with Crippen LogP contribution in [0.4, 0.5) is 0 Å². The molecule has 0 radical (unpaired) electrons. The Hall–Kier alpha value is -2.37. The minimum atomic E-state index is -0.853. The molecule has 0 spiro atoms. The number of fused-ring (bicyclic) bond motifs is 1. The molecule has 0 bridgehead atoms. The van der Waals surface area contributed by atoms with Crippen molar-refractivity contribution in [2.24, 2.45) is 11.8 Å². The number of benzene rings is 1. The molecule has 1 atom stereocenters. The molecular weight excluding hydrogens is 270 g/mol. The van der Waals surface area contributed by atoms with Gasteiger partial charge in [-0.15, -0.1) is 0 Å². The molecule has 1 saturated carbocycles. The third-order valence-corrected chi connectivity index (χ3v) is 3.86. The molecule has 6 heteroatoms. The lowest BCUT2D eigenvalue weighted by molar-refractivity contribution is -0.141. The van der Waals surface area contributed by atoms with Gasteiger partial charge in [0.15, 0.2) is 5.69 Å². The Morgan fingerprint density at radius 1 is 1.38 bits per heavy atom. The van der Waals surface area contributed by atoms with Crippen molar-refractivity contribution in [2.45, 2.75) is 19.3 Å². The quantitative estimate of drug-likeness (QED) is 0.755. The second-order valence-electron chi connectivity index (χ2n) is 5.54. The van der Waals surface area contributed by atoms with E-state index in [9.17, 15) is 14.7 Å². The van der Waals surface area contributed by atoms with Gasteiger partial charge in [-0.25, -0.2) is 0 Å². The summed E-state index contributed by atoms with van der Waals surface area (Å²) in [6.07, 6.45) is 2.83. The molecule has 3 N–H and O–H groups in total. The summed E-state index contributed by atoms with van der Waals surface area (Å²) in [4.78, 5) is 23.4. The van der Waals surface area contributed by atoms with Crippen LogP contribution in [0, 0.1) is 11.8 Å². The van der Waals surface area contributed by atoms with E-state index in [0.29, 0.717) is 18.0 Å². The van der Waals surface area contributed by atoms with Gasteiger partial charge in [0.1, 0.15) is 0 Å². The van der Waals surface area contributed by atoms with Crippen LogP contribution >= 0.6 is 0 Å². The zero-order valence-electron chi connectivity index (χ0n) is 11.5. The van der Waals surface area contributed by atoms with Crippen molar-refractivity contribution < 1.29 is 14.7 Å². The van der Waals surface area contributed by atoms with Crippen LogP contribution in [-0.4, -0.2) is 33.7 Å². The van der Waals surface area contributed by atoms with E-state index in [0.717, 1.165) is 23.7 Å². The molecule has 1 aromatic heterocycles. The molecule has 6 nitrogen and oxygen atoms in total. The Labute approximate surface area is 121 Å². The predicted octanol–water partition coefficient (Wildman–Crippen LogP) is 1.79. The average Bonchev–Trinajstić information content (AvgIpc) is 3.19. The maximum atomic E-state index is 12.2. The fourth-order valence-corrected chi connectivity index (χ4v) is 2.46. The van der Waals surface area contributed by atoms with Crippen molar-refractivity contribution in [3.63, 3.8) is 0 Å². The topological polar surface area (TPSA) is 95.1 Å². The average molecular weight is 287 g/mol. The molecule has 0 saturated heterocycles. The molecule has 110 valence electrons.